The van der Waals surface area contributed by atoms with Crippen LogP contribution >= 0.6 is 0 Å². The van der Waals surface area contributed by atoms with Crippen LogP contribution in [-0.4, -0.2) is 5.96 Å². The van der Waals surface area contributed by atoms with E-state index in [9.17, 15) is 0 Å². The van der Waals surface area contributed by atoms with Gasteiger partial charge in [-0.15, -0.1) is 0 Å². The van der Waals surface area contributed by atoms with Crippen molar-refractivity contribution in [1.29, 1.82) is 0 Å². The van der Waals surface area contributed by atoms with Gasteiger partial charge in [-0.3, -0.25) is 0 Å². The zero-order valence-electron chi connectivity index (χ0n) is 7.08. The lowest BCUT2D eigenvalue weighted by molar-refractivity contribution is 0.472. The predicted octanol–water partition coefficient (Wildman–Crippen LogP) is 0.615. The van der Waals surface area contributed by atoms with Crippen LogP contribution < -0.4 is 11.5 Å². The lowest BCUT2D eigenvalue weighted by Crippen LogP contribution is -2.22. The first-order valence-corrected chi connectivity index (χ1v) is 3.85. The molecule has 4 nitrogen and oxygen atoms in total. The van der Waals surface area contributed by atoms with Gasteiger partial charge in [0.1, 0.15) is 18.1 Å². The molecule has 0 spiro atoms. The average Bonchev–Trinajstić information content (AvgIpc) is 2.48. The fourth-order valence-electron chi connectivity index (χ4n) is 0.867. The monoisotopic (exact) mass is 167 g/mol. The van der Waals surface area contributed by atoms with Crippen molar-refractivity contribution >= 4 is 5.96 Å². The molecule has 0 atom stereocenters. The number of guanidine groups is 1. The number of nitrogens with zero attached hydrogens (tertiary/aromatic N) is 1. The first-order valence-electron chi connectivity index (χ1n) is 3.85. The summed E-state index contributed by atoms with van der Waals surface area (Å²) in [5.74, 6) is 1.83. The number of hydrogen-bond donors (Lipinski definition) is 2. The molecule has 4 N–H and O–H groups in total. The van der Waals surface area contributed by atoms with E-state index in [0.29, 0.717) is 6.54 Å². The maximum Gasteiger partial charge on any atom is 0.186 e. The van der Waals surface area contributed by atoms with Crippen LogP contribution in [-0.2, 0) is 13.0 Å². The molecule has 0 aromatic carbocycles. The van der Waals surface area contributed by atoms with Gasteiger partial charge in [0, 0.05) is 6.42 Å². The third-order valence-corrected chi connectivity index (χ3v) is 1.48. The summed E-state index contributed by atoms with van der Waals surface area (Å²) < 4.78 is 5.36. The number of aryl methyl sites for hydroxylation is 1. The van der Waals surface area contributed by atoms with Crippen molar-refractivity contribution < 1.29 is 4.42 Å². The SMILES string of the molecule is CCc1ccc(CN=C(N)N)o1. The largest absolute Gasteiger partial charge is 0.464 e. The summed E-state index contributed by atoms with van der Waals surface area (Å²) in [5, 5.41) is 0. The zero-order valence-corrected chi connectivity index (χ0v) is 7.08. The van der Waals surface area contributed by atoms with Gasteiger partial charge in [-0.1, -0.05) is 6.92 Å². The van der Waals surface area contributed by atoms with Crippen LogP contribution in [0.1, 0.15) is 18.4 Å². The van der Waals surface area contributed by atoms with Gasteiger partial charge in [0.25, 0.3) is 0 Å². The summed E-state index contributed by atoms with van der Waals surface area (Å²) in [6, 6.07) is 3.81. The van der Waals surface area contributed by atoms with Crippen molar-refractivity contribution in [3.05, 3.63) is 23.7 Å². The minimum atomic E-state index is 0.0875. The Morgan fingerprint density at radius 1 is 1.42 bits per heavy atom. The third-order valence-electron chi connectivity index (χ3n) is 1.48. The van der Waals surface area contributed by atoms with Crippen molar-refractivity contribution in [3.8, 4) is 0 Å². The van der Waals surface area contributed by atoms with Crippen LogP contribution in [0.2, 0.25) is 0 Å². The average molecular weight is 167 g/mol. The first-order chi connectivity index (χ1) is 5.72. The summed E-state index contributed by atoms with van der Waals surface area (Å²) >= 11 is 0. The smallest absolute Gasteiger partial charge is 0.186 e. The summed E-state index contributed by atoms with van der Waals surface area (Å²) in [7, 11) is 0. The lowest BCUT2D eigenvalue weighted by Gasteiger charge is -1.91. The van der Waals surface area contributed by atoms with Crippen LogP contribution in [0.4, 0.5) is 0 Å². The van der Waals surface area contributed by atoms with E-state index >= 15 is 0 Å². The molecule has 0 radical (unpaired) electrons. The molecule has 0 aliphatic heterocycles. The molecule has 0 fully saturated rings. The van der Waals surface area contributed by atoms with Crippen LogP contribution in [0.5, 0.6) is 0 Å². The summed E-state index contributed by atoms with van der Waals surface area (Å²) in [4.78, 5) is 3.82. The normalized spacial score (nSPS) is 9.75. The molecule has 66 valence electrons. The summed E-state index contributed by atoms with van der Waals surface area (Å²) in [6.07, 6.45) is 0.891. The van der Waals surface area contributed by atoms with Gasteiger partial charge < -0.3 is 15.9 Å². The second kappa shape index (κ2) is 3.80. The number of aliphatic imine (C=N–C) groups is 1. The maximum atomic E-state index is 5.36. The highest BCUT2D eigenvalue weighted by Crippen LogP contribution is 2.08. The first kappa shape index (κ1) is 8.64. The van der Waals surface area contributed by atoms with Gasteiger partial charge in [0.05, 0.1) is 0 Å². The van der Waals surface area contributed by atoms with Crippen molar-refractivity contribution in [2.24, 2.45) is 16.5 Å². The Labute approximate surface area is 71.3 Å². The molecule has 0 bridgehead atoms. The highest BCUT2D eigenvalue weighted by Gasteiger charge is 1.98. The highest BCUT2D eigenvalue weighted by atomic mass is 16.3. The Hall–Kier alpha value is -1.45. The Balaban J connectivity index is 2.58. The van der Waals surface area contributed by atoms with Crippen molar-refractivity contribution in [3.63, 3.8) is 0 Å². The standard InChI is InChI=1S/C8H13N3O/c1-2-6-3-4-7(12-6)5-11-8(9)10/h3-4H,2,5H2,1H3,(H4,9,10,11). The molecular weight excluding hydrogens is 154 g/mol. The number of rotatable bonds is 3. The van der Waals surface area contributed by atoms with Crippen molar-refractivity contribution in [2.75, 3.05) is 0 Å². The molecule has 0 unspecified atom stereocenters. The Morgan fingerprint density at radius 3 is 2.58 bits per heavy atom. The molecule has 0 saturated carbocycles. The predicted molar refractivity (Wildman–Crippen MR) is 47.6 cm³/mol. The molecule has 1 aromatic rings. The minimum Gasteiger partial charge on any atom is -0.464 e. The second-order valence-corrected chi connectivity index (χ2v) is 2.46. The fourth-order valence-corrected chi connectivity index (χ4v) is 0.867. The minimum absolute atomic E-state index is 0.0875. The topological polar surface area (TPSA) is 77.5 Å². The van der Waals surface area contributed by atoms with E-state index in [-0.39, 0.29) is 5.96 Å². The van der Waals surface area contributed by atoms with Gasteiger partial charge in [-0.25, -0.2) is 4.99 Å². The van der Waals surface area contributed by atoms with Crippen LogP contribution in [0.25, 0.3) is 0 Å². The van der Waals surface area contributed by atoms with Gasteiger partial charge in [0.15, 0.2) is 5.96 Å². The Morgan fingerprint density at radius 2 is 2.08 bits per heavy atom. The molecular formula is C8H13N3O. The number of furan rings is 1. The molecule has 1 heterocycles. The van der Waals surface area contributed by atoms with E-state index in [2.05, 4.69) is 4.99 Å². The molecule has 1 rings (SSSR count). The lowest BCUT2D eigenvalue weighted by atomic mass is 10.3. The zero-order chi connectivity index (χ0) is 8.97. The van der Waals surface area contributed by atoms with Crippen LogP contribution in [0.3, 0.4) is 0 Å². The number of hydrogen-bond acceptors (Lipinski definition) is 2. The van der Waals surface area contributed by atoms with Gasteiger partial charge >= 0.3 is 0 Å². The van der Waals surface area contributed by atoms with E-state index in [1.807, 2.05) is 19.1 Å². The highest BCUT2D eigenvalue weighted by molar-refractivity contribution is 5.75. The van der Waals surface area contributed by atoms with Gasteiger partial charge in [-0.05, 0) is 12.1 Å². The summed E-state index contributed by atoms with van der Waals surface area (Å²) in [5.41, 5.74) is 10.3. The van der Waals surface area contributed by atoms with E-state index in [1.54, 1.807) is 0 Å². The van der Waals surface area contributed by atoms with Gasteiger partial charge in [0.2, 0.25) is 0 Å². The molecule has 1 aromatic heterocycles. The van der Waals surface area contributed by atoms with Crippen molar-refractivity contribution in [1.82, 2.24) is 0 Å². The van der Waals surface area contributed by atoms with E-state index < -0.39 is 0 Å². The second-order valence-electron chi connectivity index (χ2n) is 2.46. The number of nitrogens with two attached hydrogens (primary N) is 2. The molecule has 12 heavy (non-hydrogen) atoms. The van der Waals surface area contributed by atoms with Crippen LogP contribution in [0.15, 0.2) is 21.5 Å². The quantitative estimate of drug-likeness (QED) is 0.511. The third kappa shape index (κ3) is 2.30. The van der Waals surface area contributed by atoms with E-state index in [4.69, 9.17) is 15.9 Å². The van der Waals surface area contributed by atoms with E-state index in [0.717, 1.165) is 17.9 Å². The Bertz CT molecular complexity index is 274. The van der Waals surface area contributed by atoms with Gasteiger partial charge in [-0.2, -0.15) is 0 Å². The van der Waals surface area contributed by atoms with Crippen molar-refractivity contribution in [2.45, 2.75) is 19.9 Å². The molecule has 4 heteroatoms. The van der Waals surface area contributed by atoms with E-state index in [1.165, 1.54) is 0 Å². The molecule has 0 saturated heterocycles. The molecule has 0 amide bonds. The summed E-state index contributed by atoms with van der Waals surface area (Å²) in [6.45, 7) is 2.45. The fraction of sp³-hybridized carbons (Fsp3) is 0.375. The molecule has 0 aliphatic rings. The maximum absolute atomic E-state index is 5.36. The Kier molecular flexibility index (Phi) is 2.74. The van der Waals surface area contributed by atoms with Crippen LogP contribution in [0, 0.1) is 0 Å². The molecule has 0 aliphatic carbocycles.